The zero-order valence-electron chi connectivity index (χ0n) is 13.3. The van der Waals surface area contributed by atoms with Crippen molar-refractivity contribution in [2.75, 3.05) is 31.3 Å². The van der Waals surface area contributed by atoms with E-state index in [0.29, 0.717) is 18.0 Å². The number of hydrogen-bond acceptors (Lipinski definition) is 5. The Balaban J connectivity index is 2.10. The molecule has 0 radical (unpaired) electrons. The maximum atomic E-state index is 4.64. The van der Waals surface area contributed by atoms with Gasteiger partial charge in [-0.2, -0.15) is 0 Å². The van der Waals surface area contributed by atoms with Gasteiger partial charge in [-0.25, -0.2) is 9.97 Å². The lowest BCUT2D eigenvalue weighted by Gasteiger charge is -2.35. The van der Waals surface area contributed by atoms with Crippen LogP contribution in [0.25, 0.3) is 0 Å². The molecule has 2 unspecified atom stereocenters. The van der Waals surface area contributed by atoms with E-state index >= 15 is 0 Å². The minimum absolute atomic E-state index is 0.334. The van der Waals surface area contributed by atoms with Crippen molar-refractivity contribution in [2.45, 2.75) is 51.6 Å². The third-order valence-corrected chi connectivity index (χ3v) is 4.08. The maximum Gasteiger partial charge on any atom is 0.135 e. The molecule has 20 heavy (non-hydrogen) atoms. The monoisotopic (exact) mass is 277 g/mol. The summed E-state index contributed by atoms with van der Waals surface area (Å²) in [6.07, 6.45) is 2.32. The average molecular weight is 277 g/mol. The lowest BCUT2D eigenvalue weighted by Crippen LogP contribution is -2.42. The van der Waals surface area contributed by atoms with E-state index in [1.54, 1.807) is 0 Å². The van der Waals surface area contributed by atoms with Gasteiger partial charge in [0.05, 0.1) is 0 Å². The van der Waals surface area contributed by atoms with E-state index in [4.69, 9.17) is 0 Å². The van der Waals surface area contributed by atoms with E-state index < -0.39 is 0 Å². The Hall–Kier alpha value is -1.36. The van der Waals surface area contributed by atoms with Crippen molar-refractivity contribution >= 4 is 11.6 Å². The normalized spacial score (nSPS) is 23.9. The summed E-state index contributed by atoms with van der Waals surface area (Å²) in [4.78, 5) is 11.6. The summed E-state index contributed by atoms with van der Waals surface area (Å²) >= 11 is 0. The Kier molecular flexibility index (Phi) is 4.81. The molecule has 1 aromatic heterocycles. The molecule has 1 saturated heterocycles. The van der Waals surface area contributed by atoms with Gasteiger partial charge >= 0.3 is 0 Å². The Morgan fingerprint density at radius 3 is 2.60 bits per heavy atom. The number of nitrogens with one attached hydrogen (secondary N) is 2. The summed E-state index contributed by atoms with van der Waals surface area (Å²) in [5.41, 5.74) is 0. The number of piperidine rings is 1. The summed E-state index contributed by atoms with van der Waals surface area (Å²) in [5, 5.41) is 6.70. The molecule has 0 saturated carbocycles. The second-order valence-corrected chi connectivity index (χ2v) is 6.10. The van der Waals surface area contributed by atoms with Gasteiger partial charge in [0, 0.05) is 37.7 Å². The van der Waals surface area contributed by atoms with Gasteiger partial charge in [0.15, 0.2) is 0 Å². The van der Waals surface area contributed by atoms with E-state index in [2.05, 4.69) is 53.3 Å². The summed E-state index contributed by atoms with van der Waals surface area (Å²) < 4.78 is 0. The minimum Gasteiger partial charge on any atom is -0.373 e. The van der Waals surface area contributed by atoms with Crippen LogP contribution in [0.15, 0.2) is 6.07 Å². The van der Waals surface area contributed by atoms with Gasteiger partial charge in [-0.15, -0.1) is 0 Å². The quantitative estimate of drug-likeness (QED) is 0.886. The Morgan fingerprint density at radius 1 is 1.30 bits per heavy atom. The number of rotatable bonds is 4. The molecule has 2 rings (SSSR count). The fourth-order valence-corrected chi connectivity index (χ4v) is 2.56. The van der Waals surface area contributed by atoms with Crippen LogP contribution in [0, 0.1) is 0 Å². The van der Waals surface area contributed by atoms with Gasteiger partial charge in [0.1, 0.15) is 17.5 Å². The first-order valence-electron chi connectivity index (χ1n) is 7.53. The predicted molar refractivity (Wildman–Crippen MR) is 84.4 cm³/mol. The molecule has 5 nitrogen and oxygen atoms in total. The molecule has 2 heterocycles. The van der Waals surface area contributed by atoms with Crippen molar-refractivity contribution in [2.24, 2.45) is 0 Å². The summed E-state index contributed by atoms with van der Waals surface area (Å²) in [6.45, 7) is 7.67. The van der Waals surface area contributed by atoms with Crippen molar-refractivity contribution in [3.63, 3.8) is 0 Å². The highest BCUT2D eigenvalue weighted by molar-refractivity contribution is 5.48. The number of anilines is 2. The van der Waals surface area contributed by atoms with Crippen LogP contribution in [0.3, 0.4) is 0 Å². The molecular formula is C15H27N5. The van der Waals surface area contributed by atoms with Crippen LogP contribution in [0.2, 0.25) is 0 Å². The van der Waals surface area contributed by atoms with Crippen molar-refractivity contribution in [3.05, 3.63) is 11.9 Å². The second kappa shape index (κ2) is 6.39. The summed E-state index contributed by atoms with van der Waals surface area (Å²) in [5.74, 6) is 3.04. The van der Waals surface area contributed by atoms with Crippen LogP contribution < -0.4 is 10.6 Å². The van der Waals surface area contributed by atoms with Gasteiger partial charge in [0.25, 0.3) is 0 Å². The predicted octanol–water partition coefficient (Wildman–Crippen LogP) is 2.54. The van der Waals surface area contributed by atoms with E-state index in [1.807, 2.05) is 13.1 Å². The zero-order valence-corrected chi connectivity index (χ0v) is 13.3. The fourth-order valence-electron chi connectivity index (χ4n) is 2.56. The van der Waals surface area contributed by atoms with E-state index in [9.17, 15) is 0 Å². The summed E-state index contributed by atoms with van der Waals surface area (Å²) in [7, 11) is 4.09. The van der Waals surface area contributed by atoms with E-state index in [1.165, 1.54) is 0 Å². The van der Waals surface area contributed by atoms with Crippen molar-refractivity contribution < 1.29 is 0 Å². The van der Waals surface area contributed by atoms with Gasteiger partial charge in [-0.05, 0) is 26.8 Å². The molecule has 0 aromatic carbocycles. The van der Waals surface area contributed by atoms with Crippen molar-refractivity contribution in [1.82, 2.24) is 14.9 Å². The molecule has 112 valence electrons. The molecule has 0 bridgehead atoms. The molecule has 1 aliphatic rings. The Bertz CT molecular complexity index is 446. The molecule has 1 fully saturated rings. The average Bonchev–Trinajstić information content (AvgIpc) is 2.42. The fraction of sp³-hybridized carbons (Fsp3) is 0.733. The van der Waals surface area contributed by atoms with Crippen molar-refractivity contribution in [3.8, 4) is 0 Å². The molecular weight excluding hydrogens is 250 g/mol. The topological polar surface area (TPSA) is 53.1 Å². The van der Waals surface area contributed by atoms with E-state index in [-0.39, 0.29) is 0 Å². The Morgan fingerprint density at radius 2 is 2.00 bits per heavy atom. The SMILES string of the molecule is CNc1cc(NC2CCN(C)C(C)C2)nc(C(C)C)n1. The molecule has 0 amide bonds. The third-order valence-electron chi connectivity index (χ3n) is 4.08. The Labute approximate surface area is 122 Å². The third kappa shape index (κ3) is 3.60. The number of aromatic nitrogens is 2. The minimum atomic E-state index is 0.334. The standard InChI is InChI=1S/C15H27N5/c1-10(2)15-18-13(16-4)9-14(19-15)17-12-6-7-20(5)11(3)8-12/h9-12H,6-8H2,1-5H3,(H2,16,17,18,19). The van der Waals surface area contributed by atoms with Crippen LogP contribution >= 0.6 is 0 Å². The van der Waals surface area contributed by atoms with Crippen LogP contribution in [-0.2, 0) is 0 Å². The molecule has 1 aromatic rings. The number of likely N-dealkylation sites (tertiary alicyclic amines) is 1. The first kappa shape index (κ1) is 15.0. The molecule has 0 spiro atoms. The molecule has 5 heteroatoms. The van der Waals surface area contributed by atoms with Crippen LogP contribution in [-0.4, -0.2) is 47.6 Å². The summed E-state index contributed by atoms with van der Waals surface area (Å²) in [6, 6.07) is 3.12. The second-order valence-electron chi connectivity index (χ2n) is 6.10. The molecule has 2 atom stereocenters. The van der Waals surface area contributed by atoms with Gasteiger partial charge in [0.2, 0.25) is 0 Å². The largest absolute Gasteiger partial charge is 0.373 e. The number of hydrogen-bond donors (Lipinski definition) is 2. The van der Waals surface area contributed by atoms with Gasteiger partial charge in [-0.3, -0.25) is 0 Å². The van der Waals surface area contributed by atoms with Gasteiger partial charge in [-0.1, -0.05) is 13.8 Å². The highest BCUT2D eigenvalue weighted by Gasteiger charge is 2.23. The maximum absolute atomic E-state index is 4.64. The highest BCUT2D eigenvalue weighted by Crippen LogP contribution is 2.21. The van der Waals surface area contributed by atoms with E-state index in [0.717, 1.165) is 36.8 Å². The smallest absolute Gasteiger partial charge is 0.135 e. The molecule has 2 N–H and O–H groups in total. The first-order chi connectivity index (χ1) is 9.49. The highest BCUT2D eigenvalue weighted by atomic mass is 15.2. The molecule has 1 aliphatic heterocycles. The van der Waals surface area contributed by atoms with Crippen LogP contribution in [0.1, 0.15) is 45.4 Å². The van der Waals surface area contributed by atoms with Gasteiger partial charge < -0.3 is 15.5 Å². The lowest BCUT2D eigenvalue weighted by atomic mass is 9.99. The zero-order chi connectivity index (χ0) is 14.7. The van der Waals surface area contributed by atoms with Crippen molar-refractivity contribution in [1.29, 1.82) is 0 Å². The van der Waals surface area contributed by atoms with Crippen LogP contribution in [0.4, 0.5) is 11.6 Å². The van der Waals surface area contributed by atoms with Crippen LogP contribution in [0.5, 0.6) is 0 Å². The molecule has 0 aliphatic carbocycles. The number of nitrogens with zero attached hydrogens (tertiary/aromatic N) is 3. The first-order valence-corrected chi connectivity index (χ1v) is 7.53. The lowest BCUT2D eigenvalue weighted by molar-refractivity contribution is 0.190.